The zero-order chi connectivity index (χ0) is 19.0. The Morgan fingerprint density at radius 1 is 1.42 bits per heavy atom. The number of aromatic nitrogens is 4. The number of rotatable bonds is 8. The van der Waals surface area contributed by atoms with Crippen LogP contribution in [0.5, 0.6) is 0 Å². The molecule has 26 heavy (non-hydrogen) atoms. The van der Waals surface area contributed by atoms with E-state index < -0.39 is 29.3 Å². The summed E-state index contributed by atoms with van der Waals surface area (Å²) in [5.41, 5.74) is 5.05. The molecule has 3 heterocycles. The van der Waals surface area contributed by atoms with Crippen molar-refractivity contribution >= 4 is 53.1 Å². The lowest BCUT2D eigenvalue weighted by atomic mass is 9.92. The van der Waals surface area contributed by atoms with Crippen molar-refractivity contribution in [1.82, 2.24) is 25.1 Å². The molecule has 3 rings (SSSR count). The summed E-state index contributed by atoms with van der Waals surface area (Å²) >= 11 is 3.70. The fraction of sp³-hybridized carbons (Fsp3) is 0.500. The number of carbonyl (C=O) groups excluding carboxylic acids is 2. The number of primary amides is 1. The van der Waals surface area contributed by atoms with E-state index in [1.54, 1.807) is 0 Å². The van der Waals surface area contributed by atoms with Gasteiger partial charge >= 0.3 is 5.97 Å². The molecular weight excluding hydrogens is 404 g/mol. The molecule has 1 saturated heterocycles. The average Bonchev–Trinajstić information content (AvgIpc) is 3.09. The number of amides is 2. The Hall–Kier alpha value is -1.77. The largest absolute Gasteiger partial charge is 0.477 e. The first-order valence-electron chi connectivity index (χ1n) is 7.26. The van der Waals surface area contributed by atoms with Crippen molar-refractivity contribution in [3.8, 4) is 0 Å². The maximum absolute atomic E-state index is 12.1. The van der Waals surface area contributed by atoms with Crippen LogP contribution in [0.3, 0.4) is 0 Å². The molecular formula is C12H14N6O5S3. The Labute approximate surface area is 159 Å². The number of fused-ring (bicyclic) bond motifs is 1. The van der Waals surface area contributed by atoms with Crippen LogP contribution in [0.15, 0.2) is 15.1 Å². The third-order valence-corrected chi connectivity index (χ3v) is 7.40. The summed E-state index contributed by atoms with van der Waals surface area (Å²) in [6, 6.07) is 0. The van der Waals surface area contributed by atoms with E-state index in [1.165, 1.54) is 51.8 Å². The smallest absolute Gasteiger partial charge is 0.354 e. The van der Waals surface area contributed by atoms with E-state index in [9.17, 15) is 24.6 Å². The minimum absolute atomic E-state index is 0.0655. The number of nitrogens with two attached hydrogens (primary N) is 1. The molecule has 4 N–H and O–H groups in total. The molecule has 2 aliphatic rings. The van der Waals surface area contributed by atoms with Gasteiger partial charge in [0.2, 0.25) is 17.0 Å². The number of carboxylic acids is 1. The number of aliphatic carboxylic acids is 1. The molecule has 1 aromatic heterocycles. The molecule has 0 saturated carbocycles. The summed E-state index contributed by atoms with van der Waals surface area (Å²) in [7, 11) is 0. The van der Waals surface area contributed by atoms with Crippen LogP contribution < -0.4 is 5.73 Å². The first-order chi connectivity index (χ1) is 12.3. The fourth-order valence-electron chi connectivity index (χ4n) is 2.53. The molecule has 1 unspecified atom stereocenters. The lowest BCUT2D eigenvalue weighted by molar-refractivity contribution is -0.156. The second-order valence-electron chi connectivity index (χ2n) is 5.42. The number of hydrogen-bond acceptors (Lipinski definition) is 10. The van der Waals surface area contributed by atoms with Crippen LogP contribution >= 0.6 is 35.3 Å². The van der Waals surface area contributed by atoms with Crippen molar-refractivity contribution < 1.29 is 24.6 Å². The molecule has 0 bridgehead atoms. The average molecular weight is 418 g/mol. The van der Waals surface area contributed by atoms with Crippen LogP contribution in [-0.2, 0) is 20.9 Å². The molecule has 1 fully saturated rings. The predicted molar refractivity (Wildman–Crippen MR) is 93.4 cm³/mol. The van der Waals surface area contributed by atoms with Crippen molar-refractivity contribution in [2.24, 2.45) is 11.7 Å². The van der Waals surface area contributed by atoms with Gasteiger partial charge in [-0.05, 0) is 17.4 Å². The van der Waals surface area contributed by atoms with E-state index in [-0.39, 0.29) is 18.1 Å². The maximum atomic E-state index is 12.1. The minimum atomic E-state index is -1.19. The highest BCUT2D eigenvalue weighted by atomic mass is 32.2. The molecule has 2 amide bonds. The standard InChI is InChI=1S/C12H14N6O5S3/c1-4(19)6-8(21)18-7(10(22)23)11(26-9(6)18)24-3-25-12-14-15-16-17(12)2-5(13)20/h4,6,9,19H,2-3H2,1H3,(H2,13,20)(H,22,23)/t4?,6-,9+/m0/s1. The number of carbonyl (C=O) groups is 3. The van der Waals surface area contributed by atoms with Crippen molar-refractivity contribution in [3.63, 3.8) is 0 Å². The number of carboxylic acid groups (broad SMARTS) is 1. The van der Waals surface area contributed by atoms with Gasteiger partial charge in [-0.25, -0.2) is 9.48 Å². The van der Waals surface area contributed by atoms with Gasteiger partial charge in [-0.2, -0.15) is 0 Å². The van der Waals surface area contributed by atoms with Gasteiger partial charge in [-0.3, -0.25) is 14.5 Å². The first kappa shape index (κ1) is 19.0. The molecule has 140 valence electrons. The molecule has 11 nitrogen and oxygen atoms in total. The molecule has 14 heteroatoms. The van der Waals surface area contributed by atoms with E-state index in [2.05, 4.69) is 15.5 Å². The molecule has 1 aromatic rings. The fourth-order valence-corrected chi connectivity index (χ4v) is 6.61. The van der Waals surface area contributed by atoms with Crippen LogP contribution in [0, 0.1) is 5.92 Å². The monoisotopic (exact) mass is 418 g/mol. The van der Waals surface area contributed by atoms with Crippen LogP contribution in [0.1, 0.15) is 6.92 Å². The number of aliphatic hydroxyl groups is 1. The molecule has 0 aliphatic carbocycles. The van der Waals surface area contributed by atoms with Crippen molar-refractivity contribution in [1.29, 1.82) is 0 Å². The summed E-state index contributed by atoms with van der Waals surface area (Å²) in [4.78, 5) is 35.9. The molecule has 0 radical (unpaired) electrons. The van der Waals surface area contributed by atoms with E-state index in [0.717, 1.165) is 0 Å². The highest BCUT2D eigenvalue weighted by Gasteiger charge is 2.57. The van der Waals surface area contributed by atoms with Gasteiger partial charge in [-0.15, -0.1) is 16.9 Å². The molecule has 2 aliphatic heterocycles. The Morgan fingerprint density at radius 2 is 2.15 bits per heavy atom. The van der Waals surface area contributed by atoms with Crippen LogP contribution in [-0.4, -0.2) is 69.7 Å². The summed E-state index contributed by atoms with van der Waals surface area (Å²) in [6.45, 7) is 1.36. The summed E-state index contributed by atoms with van der Waals surface area (Å²) in [6.07, 6.45) is -0.844. The molecule has 3 atom stereocenters. The highest BCUT2D eigenvalue weighted by Crippen LogP contribution is 2.54. The molecule has 0 aromatic carbocycles. The zero-order valence-electron chi connectivity index (χ0n) is 13.3. The predicted octanol–water partition coefficient (Wildman–Crippen LogP) is -0.893. The number of β-lactam (4-membered cyclic amide) rings is 1. The van der Waals surface area contributed by atoms with Gasteiger partial charge in [0.15, 0.2) is 5.70 Å². The first-order valence-corrected chi connectivity index (χ1v) is 10.1. The van der Waals surface area contributed by atoms with E-state index in [0.29, 0.717) is 14.5 Å². The Morgan fingerprint density at radius 3 is 2.77 bits per heavy atom. The number of nitrogens with zero attached hydrogens (tertiary/aromatic N) is 5. The maximum Gasteiger partial charge on any atom is 0.354 e. The highest BCUT2D eigenvalue weighted by molar-refractivity contribution is 8.27. The lowest BCUT2D eigenvalue weighted by Crippen LogP contribution is -2.60. The quantitative estimate of drug-likeness (QED) is 0.272. The van der Waals surface area contributed by atoms with Crippen LogP contribution in [0.4, 0.5) is 0 Å². The van der Waals surface area contributed by atoms with Crippen molar-refractivity contribution in [2.75, 3.05) is 5.08 Å². The van der Waals surface area contributed by atoms with Gasteiger partial charge in [-0.1, -0.05) is 23.5 Å². The number of aliphatic hydroxyl groups excluding tert-OH is 1. The number of hydrogen-bond donors (Lipinski definition) is 3. The van der Waals surface area contributed by atoms with Gasteiger partial charge in [0.1, 0.15) is 11.9 Å². The Bertz CT molecular complexity index is 796. The van der Waals surface area contributed by atoms with Gasteiger partial charge in [0, 0.05) is 0 Å². The number of tetrazole rings is 1. The van der Waals surface area contributed by atoms with Crippen molar-refractivity contribution in [3.05, 3.63) is 9.93 Å². The minimum Gasteiger partial charge on any atom is -0.477 e. The molecule has 0 spiro atoms. The SMILES string of the molecule is CC(O)[C@H]1C(=O)N2C(C(=O)O)=C(SCSc3nnnn3CC(N)=O)S[C@H]12. The second kappa shape index (κ2) is 7.46. The van der Waals surface area contributed by atoms with Gasteiger partial charge in [0.25, 0.3) is 0 Å². The zero-order valence-corrected chi connectivity index (χ0v) is 15.8. The van der Waals surface area contributed by atoms with Crippen LogP contribution in [0.2, 0.25) is 0 Å². The Balaban J connectivity index is 1.66. The second-order valence-corrected chi connectivity index (χ2v) is 9.10. The topological polar surface area (TPSA) is 165 Å². The third kappa shape index (κ3) is 3.41. The van der Waals surface area contributed by atoms with E-state index >= 15 is 0 Å². The number of thioether (sulfide) groups is 3. The van der Waals surface area contributed by atoms with Crippen molar-refractivity contribution in [2.45, 2.75) is 30.1 Å². The lowest BCUT2D eigenvalue weighted by Gasteiger charge is -2.43. The van der Waals surface area contributed by atoms with E-state index in [1.807, 2.05) is 0 Å². The summed E-state index contributed by atoms with van der Waals surface area (Å²) in [5, 5.41) is 30.4. The van der Waals surface area contributed by atoms with E-state index in [4.69, 9.17) is 5.73 Å². The summed E-state index contributed by atoms with van der Waals surface area (Å²) < 4.78 is 1.74. The normalized spacial score (nSPS) is 23.0. The van der Waals surface area contributed by atoms with Gasteiger partial charge < -0.3 is 15.9 Å². The van der Waals surface area contributed by atoms with Gasteiger partial charge in [0.05, 0.1) is 21.3 Å². The Kier molecular flexibility index (Phi) is 5.45. The summed E-state index contributed by atoms with van der Waals surface area (Å²) in [5.74, 6) is -2.77. The van der Waals surface area contributed by atoms with Crippen LogP contribution in [0.25, 0.3) is 0 Å². The third-order valence-electron chi connectivity index (χ3n) is 3.65.